The third-order valence-electron chi connectivity index (χ3n) is 5.63. The predicted octanol–water partition coefficient (Wildman–Crippen LogP) is 2.28. The Morgan fingerprint density at radius 3 is 2.55 bits per heavy atom. The fourth-order valence-corrected chi connectivity index (χ4v) is 4.06. The second kappa shape index (κ2) is 8.46. The number of hydrogen-bond donors (Lipinski definition) is 1. The molecule has 2 heterocycles. The minimum absolute atomic E-state index is 0.141. The van der Waals surface area contributed by atoms with Crippen molar-refractivity contribution in [2.45, 2.75) is 13.0 Å². The van der Waals surface area contributed by atoms with Crippen LogP contribution >= 0.6 is 0 Å². The first kappa shape index (κ1) is 19.2. The maximum atomic E-state index is 13.1. The smallest absolute Gasteiger partial charge is 0.219 e. The third-order valence-corrected chi connectivity index (χ3v) is 5.63. The topological polar surface area (TPSA) is 53.5 Å². The van der Waals surface area contributed by atoms with Crippen molar-refractivity contribution in [1.82, 2.24) is 4.57 Å². The molecule has 0 radical (unpaired) electrons. The quantitative estimate of drug-likeness (QED) is 0.656. The summed E-state index contributed by atoms with van der Waals surface area (Å²) in [5.41, 5.74) is 2.77. The number of rotatable bonds is 6. The molecular weight excluding hydrogens is 367 g/mol. The number of nitrogens with zero attached hydrogens (tertiary/aromatic N) is 3. The molecule has 1 fully saturated rings. The monoisotopic (exact) mass is 391 g/mol. The fourth-order valence-electron chi connectivity index (χ4n) is 4.06. The summed E-state index contributed by atoms with van der Waals surface area (Å²) < 4.78 is 15.1. The molecule has 148 valence electrons. The lowest BCUT2D eigenvalue weighted by Crippen LogP contribution is -3.15. The number of carbonyl (C=O) groups is 1. The van der Waals surface area contributed by atoms with Crippen molar-refractivity contribution >= 4 is 22.4 Å². The Morgan fingerprint density at radius 1 is 1.10 bits per heavy atom. The van der Waals surface area contributed by atoms with Gasteiger partial charge in [0.15, 0.2) is 0 Å². The molecule has 5 nitrogen and oxygen atoms in total. The molecular formula is C23H24FN4O+. The number of anilines is 1. The van der Waals surface area contributed by atoms with Crippen LogP contribution in [0.3, 0.4) is 0 Å². The molecule has 1 aliphatic heterocycles. The van der Waals surface area contributed by atoms with Gasteiger partial charge in [0.25, 0.3) is 0 Å². The number of para-hydroxylation sites is 1. The molecule has 0 amide bonds. The zero-order valence-electron chi connectivity index (χ0n) is 16.3. The van der Waals surface area contributed by atoms with E-state index in [0.717, 1.165) is 48.3 Å². The van der Waals surface area contributed by atoms with Gasteiger partial charge < -0.3 is 14.4 Å². The van der Waals surface area contributed by atoms with Crippen LogP contribution in [0.25, 0.3) is 10.9 Å². The summed E-state index contributed by atoms with van der Waals surface area (Å²) in [4.78, 5) is 16.6. The molecule has 0 bridgehead atoms. The Hall–Kier alpha value is -3.17. The molecule has 1 aliphatic rings. The van der Waals surface area contributed by atoms with E-state index in [2.05, 4.69) is 11.0 Å². The Labute approximate surface area is 169 Å². The minimum atomic E-state index is -0.224. The molecule has 2 aromatic carbocycles. The largest absolute Gasteiger partial charge is 0.360 e. The van der Waals surface area contributed by atoms with E-state index in [1.807, 2.05) is 47.2 Å². The second-order valence-corrected chi connectivity index (χ2v) is 7.47. The van der Waals surface area contributed by atoms with Gasteiger partial charge in [0.05, 0.1) is 38.7 Å². The standard InChI is InChI=1S/C23H23FN4O/c24-18-6-8-19(9-7-18)27-14-12-26(13-15-27)17-23(29)21-16-28(11-3-10-25)22-5-2-1-4-20(21)22/h1-2,4-9,16H,3,11-15,17H2/p+1. The van der Waals surface area contributed by atoms with Crippen LogP contribution in [0, 0.1) is 17.1 Å². The van der Waals surface area contributed by atoms with E-state index in [1.165, 1.54) is 17.0 Å². The highest BCUT2D eigenvalue weighted by atomic mass is 19.1. The lowest BCUT2D eigenvalue weighted by molar-refractivity contribution is -0.892. The average Bonchev–Trinajstić information content (AvgIpc) is 3.12. The summed E-state index contributed by atoms with van der Waals surface area (Å²) in [7, 11) is 0. The molecule has 0 aliphatic carbocycles. The Balaban J connectivity index is 1.43. The van der Waals surface area contributed by atoms with Crippen molar-refractivity contribution in [3.05, 3.63) is 66.1 Å². The van der Waals surface area contributed by atoms with E-state index in [9.17, 15) is 9.18 Å². The fraction of sp³-hybridized carbons (Fsp3) is 0.304. The molecule has 1 aromatic heterocycles. The van der Waals surface area contributed by atoms with E-state index in [0.29, 0.717) is 19.5 Å². The van der Waals surface area contributed by atoms with Gasteiger partial charge in [0, 0.05) is 34.9 Å². The number of Topliss-reactive ketones (excluding diaryl/α,β-unsaturated/α-hetero) is 1. The molecule has 0 atom stereocenters. The van der Waals surface area contributed by atoms with E-state index in [4.69, 9.17) is 5.26 Å². The maximum absolute atomic E-state index is 13.1. The van der Waals surface area contributed by atoms with Crippen LogP contribution in [0.2, 0.25) is 0 Å². The number of aryl methyl sites for hydroxylation is 1. The van der Waals surface area contributed by atoms with Crippen molar-refractivity contribution in [2.24, 2.45) is 0 Å². The van der Waals surface area contributed by atoms with Crippen LogP contribution in [0.5, 0.6) is 0 Å². The molecule has 0 spiro atoms. The number of quaternary nitrogens is 1. The van der Waals surface area contributed by atoms with Crippen LogP contribution in [-0.4, -0.2) is 43.1 Å². The van der Waals surface area contributed by atoms with Gasteiger partial charge in [-0.25, -0.2) is 4.39 Å². The number of aromatic nitrogens is 1. The summed E-state index contributed by atoms with van der Waals surface area (Å²) in [5.74, 6) is -0.0836. The summed E-state index contributed by atoms with van der Waals surface area (Å²) >= 11 is 0. The van der Waals surface area contributed by atoms with E-state index < -0.39 is 0 Å². The first-order valence-corrected chi connectivity index (χ1v) is 9.98. The molecule has 29 heavy (non-hydrogen) atoms. The molecule has 0 saturated carbocycles. The van der Waals surface area contributed by atoms with Crippen LogP contribution in [0.4, 0.5) is 10.1 Å². The molecule has 0 unspecified atom stereocenters. The van der Waals surface area contributed by atoms with E-state index in [-0.39, 0.29) is 11.6 Å². The van der Waals surface area contributed by atoms with Gasteiger partial charge in [-0.15, -0.1) is 0 Å². The number of hydrogen-bond acceptors (Lipinski definition) is 3. The number of halogens is 1. The van der Waals surface area contributed by atoms with Gasteiger partial charge in [0.1, 0.15) is 12.4 Å². The average molecular weight is 391 g/mol. The number of piperazine rings is 1. The molecule has 6 heteroatoms. The van der Waals surface area contributed by atoms with E-state index in [1.54, 1.807) is 0 Å². The number of nitrogens with one attached hydrogen (secondary N) is 1. The number of carbonyl (C=O) groups excluding carboxylic acids is 1. The normalized spacial score (nSPS) is 14.8. The summed E-state index contributed by atoms with van der Waals surface area (Å²) in [6.45, 7) is 4.49. The molecule has 3 aromatic rings. The summed E-state index contributed by atoms with van der Waals surface area (Å²) in [6, 6.07) is 16.6. The lowest BCUT2D eigenvalue weighted by atomic mass is 10.1. The number of ketones is 1. The highest BCUT2D eigenvalue weighted by Crippen LogP contribution is 2.22. The van der Waals surface area contributed by atoms with Crippen molar-refractivity contribution in [2.75, 3.05) is 37.6 Å². The Morgan fingerprint density at radius 2 is 1.83 bits per heavy atom. The highest BCUT2D eigenvalue weighted by molar-refractivity contribution is 6.08. The Bertz CT molecular complexity index is 1040. The van der Waals surface area contributed by atoms with Gasteiger partial charge in [-0.3, -0.25) is 4.79 Å². The van der Waals surface area contributed by atoms with Gasteiger partial charge in [-0.1, -0.05) is 18.2 Å². The number of fused-ring (bicyclic) bond motifs is 1. The number of nitriles is 1. The first-order valence-electron chi connectivity index (χ1n) is 9.98. The van der Waals surface area contributed by atoms with Gasteiger partial charge in [-0.05, 0) is 30.3 Å². The van der Waals surface area contributed by atoms with Gasteiger partial charge in [-0.2, -0.15) is 5.26 Å². The SMILES string of the molecule is N#CCCn1cc(C(=O)C[NH+]2CCN(c3ccc(F)cc3)CC2)c2ccccc21. The molecule has 1 N–H and O–H groups in total. The van der Waals surface area contributed by atoms with Gasteiger partial charge >= 0.3 is 0 Å². The van der Waals surface area contributed by atoms with Crippen LogP contribution in [0.15, 0.2) is 54.7 Å². The minimum Gasteiger partial charge on any atom is -0.360 e. The first-order chi connectivity index (χ1) is 14.2. The van der Waals surface area contributed by atoms with E-state index >= 15 is 0 Å². The van der Waals surface area contributed by atoms with Crippen molar-refractivity contribution in [3.63, 3.8) is 0 Å². The predicted molar refractivity (Wildman–Crippen MR) is 111 cm³/mol. The van der Waals surface area contributed by atoms with Crippen molar-refractivity contribution < 1.29 is 14.1 Å². The Kier molecular flexibility index (Phi) is 5.59. The maximum Gasteiger partial charge on any atom is 0.219 e. The van der Waals surface area contributed by atoms with Crippen LogP contribution in [-0.2, 0) is 6.54 Å². The zero-order valence-corrected chi connectivity index (χ0v) is 16.3. The second-order valence-electron chi connectivity index (χ2n) is 7.47. The third kappa shape index (κ3) is 4.15. The van der Waals surface area contributed by atoms with Crippen LogP contribution < -0.4 is 9.80 Å². The molecule has 1 saturated heterocycles. The van der Waals surface area contributed by atoms with Crippen LogP contribution in [0.1, 0.15) is 16.8 Å². The highest BCUT2D eigenvalue weighted by Gasteiger charge is 2.24. The summed E-state index contributed by atoms with van der Waals surface area (Å²) in [6.07, 6.45) is 2.32. The molecule has 4 rings (SSSR count). The summed E-state index contributed by atoms with van der Waals surface area (Å²) in [5, 5.41) is 9.85. The zero-order chi connectivity index (χ0) is 20.2. The number of benzene rings is 2. The van der Waals surface area contributed by atoms with Crippen molar-refractivity contribution in [3.8, 4) is 6.07 Å². The van der Waals surface area contributed by atoms with Crippen molar-refractivity contribution in [1.29, 1.82) is 5.26 Å². The van der Waals surface area contributed by atoms with Gasteiger partial charge in [0.2, 0.25) is 5.78 Å². The lowest BCUT2D eigenvalue weighted by Gasteiger charge is -2.33.